The summed E-state index contributed by atoms with van der Waals surface area (Å²) in [5, 5.41) is 0. The minimum Gasteiger partial charge on any atom is -0.466 e. The number of hydrogen-bond acceptors (Lipinski definition) is 3. The van der Waals surface area contributed by atoms with Gasteiger partial charge in [-0.15, -0.1) is 0 Å². The molecule has 0 saturated carbocycles. The molecule has 0 heterocycles. The summed E-state index contributed by atoms with van der Waals surface area (Å²) in [6.45, 7) is 4.07. The van der Waals surface area contributed by atoms with Crippen molar-refractivity contribution < 1.29 is 9.53 Å². The Balaban J connectivity index is 2.15. The first kappa shape index (κ1) is 17.8. The van der Waals surface area contributed by atoms with E-state index in [0.29, 0.717) is 11.5 Å². The summed E-state index contributed by atoms with van der Waals surface area (Å²) >= 11 is 9.14. The molecule has 0 fully saturated rings. The van der Waals surface area contributed by atoms with E-state index < -0.39 is 4.32 Å². The Hall–Kier alpha value is -1.52. The molecule has 4 heteroatoms. The minimum atomic E-state index is -0.594. The second kappa shape index (κ2) is 7.84. The van der Waals surface area contributed by atoms with Crippen molar-refractivity contribution in [2.75, 3.05) is 6.61 Å². The third kappa shape index (κ3) is 4.72. The molecule has 0 bridgehead atoms. The van der Waals surface area contributed by atoms with Crippen LogP contribution in [0.15, 0.2) is 54.6 Å². The standard InChI is InChI=1S/C19H19BrO2S/c1-3-22-17(21)13-19(2,20)18(23)16-11-9-15(10-12-16)14-7-5-4-6-8-14/h4-12H,3,13H2,1-2H3. The summed E-state index contributed by atoms with van der Waals surface area (Å²) in [4.78, 5) is 12.4. The van der Waals surface area contributed by atoms with E-state index in [4.69, 9.17) is 17.0 Å². The monoisotopic (exact) mass is 390 g/mol. The molecule has 23 heavy (non-hydrogen) atoms. The molecular formula is C19H19BrO2S. The van der Waals surface area contributed by atoms with E-state index in [1.165, 1.54) is 0 Å². The van der Waals surface area contributed by atoms with Gasteiger partial charge in [0.2, 0.25) is 0 Å². The quantitative estimate of drug-likeness (QED) is 0.294. The van der Waals surface area contributed by atoms with Crippen LogP contribution in [0.3, 0.4) is 0 Å². The number of benzene rings is 2. The second-order valence-corrected chi connectivity index (χ2v) is 7.61. The van der Waals surface area contributed by atoms with Crippen LogP contribution in [0, 0.1) is 0 Å². The van der Waals surface area contributed by atoms with Gasteiger partial charge >= 0.3 is 5.97 Å². The van der Waals surface area contributed by atoms with Crippen LogP contribution in [0.4, 0.5) is 0 Å². The van der Waals surface area contributed by atoms with Crippen molar-refractivity contribution in [1.29, 1.82) is 0 Å². The van der Waals surface area contributed by atoms with E-state index in [9.17, 15) is 4.79 Å². The van der Waals surface area contributed by atoms with Crippen LogP contribution in [-0.4, -0.2) is 21.8 Å². The summed E-state index contributed by atoms with van der Waals surface area (Å²) in [5.74, 6) is -0.255. The zero-order valence-corrected chi connectivity index (χ0v) is 15.6. The molecule has 1 atom stereocenters. The Morgan fingerprint density at radius 3 is 2.22 bits per heavy atom. The lowest BCUT2D eigenvalue weighted by Crippen LogP contribution is -2.31. The first-order valence-electron chi connectivity index (χ1n) is 7.49. The average Bonchev–Trinajstić information content (AvgIpc) is 2.55. The maximum atomic E-state index is 11.7. The van der Waals surface area contributed by atoms with E-state index in [1.54, 1.807) is 6.92 Å². The number of hydrogen-bond donors (Lipinski definition) is 0. The summed E-state index contributed by atoms with van der Waals surface area (Å²) in [7, 11) is 0. The van der Waals surface area contributed by atoms with E-state index >= 15 is 0 Å². The van der Waals surface area contributed by atoms with E-state index in [-0.39, 0.29) is 12.4 Å². The van der Waals surface area contributed by atoms with Crippen molar-refractivity contribution >= 4 is 39.0 Å². The van der Waals surface area contributed by atoms with Crippen LogP contribution in [0.25, 0.3) is 11.1 Å². The van der Waals surface area contributed by atoms with Gasteiger partial charge in [0.15, 0.2) is 0 Å². The summed E-state index contributed by atoms with van der Waals surface area (Å²) < 4.78 is 4.42. The lowest BCUT2D eigenvalue weighted by Gasteiger charge is -2.23. The molecule has 0 aromatic heterocycles. The molecule has 0 saturated heterocycles. The number of carbonyl (C=O) groups is 1. The molecule has 120 valence electrons. The fourth-order valence-electron chi connectivity index (χ4n) is 2.31. The SMILES string of the molecule is CCOC(=O)CC(C)(Br)C(=S)c1ccc(-c2ccccc2)cc1. The number of ether oxygens (including phenoxy) is 1. The van der Waals surface area contributed by atoms with Crippen LogP contribution >= 0.6 is 28.1 Å². The zero-order chi connectivity index (χ0) is 16.9. The van der Waals surface area contributed by atoms with E-state index in [1.807, 2.05) is 49.4 Å². The highest BCUT2D eigenvalue weighted by molar-refractivity contribution is 9.10. The van der Waals surface area contributed by atoms with Crippen LogP contribution in [0.2, 0.25) is 0 Å². The molecule has 0 amide bonds. The van der Waals surface area contributed by atoms with Gasteiger partial charge in [-0.05, 0) is 30.5 Å². The molecule has 0 aliphatic carbocycles. The second-order valence-electron chi connectivity index (χ2n) is 5.45. The topological polar surface area (TPSA) is 26.3 Å². The molecule has 0 radical (unpaired) electrons. The fourth-order valence-corrected chi connectivity index (χ4v) is 2.98. The zero-order valence-electron chi connectivity index (χ0n) is 13.2. The van der Waals surface area contributed by atoms with Gasteiger partial charge in [0, 0.05) is 4.86 Å². The molecule has 1 unspecified atom stereocenters. The van der Waals surface area contributed by atoms with E-state index in [2.05, 4.69) is 28.1 Å². The highest BCUT2D eigenvalue weighted by Gasteiger charge is 2.30. The van der Waals surface area contributed by atoms with Crippen molar-refractivity contribution in [2.45, 2.75) is 24.6 Å². The number of alkyl halides is 1. The third-order valence-corrected chi connectivity index (χ3v) is 5.13. The molecule has 2 aromatic rings. The molecular weight excluding hydrogens is 372 g/mol. The lowest BCUT2D eigenvalue weighted by molar-refractivity contribution is -0.143. The maximum absolute atomic E-state index is 11.7. The lowest BCUT2D eigenvalue weighted by atomic mass is 9.95. The average molecular weight is 391 g/mol. The Bertz CT molecular complexity index is 678. The first-order chi connectivity index (χ1) is 10.9. The van der Waals surface area contributed by atoms with Crippen molar-refractivity contribution in [1.82, 2.24) is 0 Å². The molecule has 2 aromatic carbocycles. The summed E-state index contributed by atoms with van der Waals surface area (Å²) in [6, 6.07) is 18.3. The fraction of sp³-hybridized carbons (Fsp3) is 0.263. The minimum absolute atomic E-state index is 0.208. The van der Waals surface area contributed by atoms with Gasteiger partial charge in [0.25, 0.3) is 0 Å². The van der Waals surface area contributed by atoms with Gasteiger partial charge in [-0.25, -0.2) is 0 Å². The van der Waals surface area contributed by atoms with Crippen LogP contribution < -0.4 is 0 Å². The number of esters is 1. The molecule has 2 rings (SSSR count). The van der Waals surface area contributed by atoms with Gasteiger partial charge in [-0.3, -0.25) is 4.79 Å². The largest absolute Gasteiger partial charge is 0.466 e. The Morgan fingerprint density at radius 1 is 1.09 bits per heavy atom. The predicted octanol–water partition coefficient (Wildman–Crippen LogP) is 5.18. The number of halogens is 1. The third-order valence-electron chi connectivity index (χ3n) is 3.51. The summed E-state index contributed by atoms with van der Waals surface area (Å²) in [5.41, 5.74) is 3.24. The molecule has 0 aliphatic rings. The highest BCUT2D eigenvalue weighted by Crippen LogP contribution is 2.29. The smallest absolute Gasteiger partial charge is 0.307 e. The van der Waals surface area contributed by atoms with Crippen molar-refractivity contribution in [3.8, 4) is 11.1 Å². The summed E-state index contributed by atoms with van der Waals surface area (Å²) in [6.07, 6.45) is 0.208. The number of thiocarbonyl (C=S) groups is 1. The van der Waals surface area contributed by atoms with Gasteiger partial charge in [0.05, 0.1) is 17.4 Å². The normalized spacial score (nSPS) is 13.2. The molecule has 2 nitrogen and oxygen atoms in total. The number of rotatable bonds is 6. The van der Waals surface area contributed by atoms with Gasteiger partial charge in [0.1, 0.15) is 0 Å². The van der Waals surface area contributed by atoms with Gasteiger partial charge in [-0.2, -0.15) is 0 Å². The van der Waals surface area contributed by atoms with Crippen LogP contribution in [0.5, 0.6) is 0 Å². The maximum Gasteiger partial charge on any atom is 0.307 e. The van der Waals surface area contributed by atoms with E-state index in [0.717, 1.165) is 16.7 Å². The Kier molecular flexibility index (Phi) is 6.08. The predicted molar refractivity (Wildman–Crippen MR) is 102 cm³/mol. The number of carbonyl (C=O) groups excluding carboxylic acids is 1. The van der Waals surface area contributed by atoms with Gasteiger partial charge < -0.3 is 4.74 Å². The van der Waals surface area contributed by atoms with Crippen molar-refractivity contribution in [3.05, 3.63) is 60.2 Å². The Morgan fingerprint density at radius 2 is 1.65 bits per heavy atom. The molecule has 0 N–H and O–H groups in total. The van der Waals surface area contributed by atoms with Crippen LogP contribution in [-0.2, 0) is 9.53 Å². The first-order valence-corrected chi connectivity index (χ1v) is 8.69. The highest BCUT2D eigenvalue weighted by atomic mass is 79.9. The van der Waals surface area contributed by atoms with Gasteiger partial charge in [-0.1, -0.05) is 82.7 Å². The Labute approximate surface area is 151 Å². The van der Waals surface area contributed by atoms with Crippen molar-refractivity contribution in [3.63, 3.8) is 0 Å². The van der Waals surface area contributed by atoms with Crippen molar-refractivity contribution in [2.24, 2.45) is 0 Å². The van der Waals surface area contributed by atoms with Crippen LogP contribution in [0.1, 0.15) is 25.8 Å². The molecule has 0 spiro atoms. The molecule has 0 aliphatic heterocycles.